The maximum atomic E-state index is 14.0. The summed E-state index contributed by atoms with van der Waals surface area (Å²) >= 11 is 12.6. The van der Waals surface area contributed by atoms with Crippen molar-refractivity contribution >= 4 is 43.5 Å². The van der Waals surface area contributed by atoms with Crippen LogP contribution >= 0.6 is 43.5 Å². The first kappa shape index (κ1) is 14.9. The van der Waals surface area contributed by atoms with Gasteiger partial charge in [-0.2, -0.15) is 0 Å². The zero-order valence-corrected chi connectivity index (χ0v) is 13.6. The summed E-state index contributed by atoms with van der Waals surface area (Å²) < 4.78 is 15.7. The highest BCUT2D eigenvalue weighted by molar-refractivity contribution is 9.11. The van der Waals surface area contributed by atoms with Gasteiger partial charge in [-0.1, -0.05) is 55.6 Å². The monoisotopic (exact) mass is 406 g/mol. The van der Waals surface area contributed by atoms with Crippen LogP contribution in [0.15, 0.2) is 45.3 Å². The van der Waals surface area contributed by atoms with Crippen molar-refractivity contribution < 1.29 is 4.39 Å². The fourth-order valence-electron chi connectivity index (χ4n) is 1.82. The van der Waals surface area contributed by atoms with Crippen LogP contribution < -0.4 is 11.3 Å². The average Bonchev–Trinajstić information content (AvgIpc) is 2.34. The van der Waals surface area contributed by atoms with Crippen LogP contribution in [0.3, 0.4) is 0 Å². The van der Waals surface area contributed by atoms with E-state index in [4.69, 9.17) is 17.4 Å². The third-order valence-electron chi connectivity index (χ3n) is 2.71. The first-order valence-corrected chi connectivity index (χ1v) is 7.35. The zero-order chi connectivity index (χ0) is 14.0. The molecule has 2 rings (SSSR count). The van der Waals surface area contributed by atoms with Gasteiger partial charge in [0, 0.05) is 19.5 Å². The minimum atomic E-state index is -0.459. The minimum Gasteiger partial charge on any atom is -0.271 e. The van der Waals surface area contributed by atoms with Gasteiger partial charge in [0.15, 0.2) is 0 Å². The lowest BCUT2D eigenvalue weighted by molar-refractivity contribution is 0.559. The minimum absolute atomic E-state index is 0.354. The molecule has 0 aliphatic heterocycles. The van der Waals surface area contributed by atoms with Gasteiger partial charge in [-0.15, -0.1) is 0 Å². The van der Waals surface area contributed by atoms with E-state index in [2.05, 4.69) is 37.3 Å². The lowest BCUT2D eigenvalue weighted by Gasteiger charge is -2.19. The fourth-order valence-corrected chi connectivity index (χ4v) is 3.25. The van der Waals surface area contributed by atoms with E-state index in [-0.39, 0.29) is 0 Å². The van der Waals surface area contributed by atoms with E-state index in [1.54, 1.807) is 12.1 Å². The number of nitrogens with two attached hydrogens (primary N) is 1. The van der Waals surface area contributed by atoms with Gasteiger partial charge in [0.2, 0.25) is 0 Å². The van der Waals surface area contributed by atoms with E-state index >= 15 is 0 Å². The first-order valence-electron chi connectivity index (χ1n) is 5.39. The largest absolute Gasteiger partial charge is 0.271 e. The summed E-state index contributed by atoms with van der Waals surface area (Å²) in [6.07, 6.45) is 0. The van der Waals surface area contributed by atoms with Crippen molar-refractivity contribution in [2.24, 2.45) is 5.84 Å². The normalized spacial score (nSPS) is 12.5. The topological polar surface area (TPSA) is 38.0 Å². The Morgan fingerprint density at radius 3 is 2.37 bits per heavy atom. The van der Waals surface area contributed by atoms with Gasteiger partial charge in [-0.05, 0) is 29.8 Å². The predicted molar refractivity (Wildman–Crippen MR) is 82.4 cm³/mol. The molecule has 19 heavy (non-hydrogen) atoms. The molecule has 3 N–H and O–H groups in total. The summed E-state index contributed by atoms with van der Waals surface area (Å²) in [5, 5.41) is 0.354. The molecule has 2 aromatic rings. The SMILES string of the molecule is NNC(c1ccc(Cl)cc1F)c1ccc(Br)cc1Br. The van der Waals surface area contributed by atoms with Gasteiger partial charge < -0.3 is 0 Å². The molecule has 1 unspecified atom stereocenters. The molecule has 0 aliphatic rings. The Balaban J connectivity index is 2.50. The number of hydrogen-bond donors (Lipinski definition) is 2. The molecule has 1 atom stereocenters. The Kier molecular flexibility index (Phi) is 4.97. The number of hydrazine groups is 1. The third-order valence-corrected chi connectivity index (χ3v) is 4.13. The van der Waals surface area contributed by atoms with Crippen LogP contribution in [0.4, 0.5) is 4.39 Å². The molecule has 0 bridgehead atoms. The lowest BCUT2D eigenvalue weighted by Crippen LogP contribution is -2.29. The molecule has 100 valence electrons. The highest BCUT2D eigenvalue weighted by Crippen LogP contribution is 2.32. The molecule has 0 aliphatic carbocycles. The molecule has 0 amide bonds. The summed E-state index contributed by atoms with van der Waals surface area (Å²) in [7, 11) is 0. The van der Waals surface area contributed by atoms with Gasteiger partial charge in [0.05, 0.1) is 6.04 Å². The average molecular weight is 408 g/mol. The summed E-state index contributed by atoms with van der Waals surface area (Å²) in [6, 6.07) is 9.69. The molecule has 2 nitrogen and oxygen atoms in total. The quantitative estimate of drug-likeness (QED) is 0.577. The van der Waals surface area contributed by atoms with Crippen molar-refractivity contribution in [3.8, 4) is 0 Å². The number of nitrogens with one attached hydrogen (secondary N) is 1. The molecular weight excluding hydrogens is 398 g/mol. The van der Waals surface area contributed by atoms with Gasteiger partial charge in [0.25, 0.3) is 0 Å². The third kappa shape index (κ3) is 3.35. The van der Waals surface area contributed by atoms with E-state index in [1.165, 1.54) is 6.07 Å². The van der Waals surface area contributed by atoms with Gasteiger partial charge in [0.1, 0.15) is 5.82 Å². The standard InChI is InChI=1S/C13H10Br2ClFN2/c14-7-1-3-9(11(15)5-7)13(19-18)10-4-2-8(16)6-12(10)17/h1-6,13,19H,18H2. The Hall–Kier alpha value is -0.460. The van der Waals surface area contributed by atoms with Crippen molar-refractivity contribution in [1.29, 1.82) is 0 Å². The second-order valence-corrected chi connectivity index (χ2v) is 6.14. The Morgan fingerprint density at radius 2 is 1.79 bits per heavy atom. The second kappa shape index (κ2) is 6.33. The van der Waals surface area contributed by atoms with Crippen LogP contribution in [-0.4, -0.2) is 0 Å². The molecule has 0 spiro atoms. The molecule has 0 radical (unpaired) electrons. The summed E-state index contributed by atoms with van der Waals surface area (Å²) in [6.45, 7) is 0. The lowest BCUT2D eigenvalue weighted by atomic mass is 9.99. The highest BCUT2D eigenvalue weighted by Gasteiger charge is 2.19. The highest BCUT2D eigenvalue weighted by atomic mass is 79.9. The summed E-state index contributed by atoms with van der Waals surface area (Å²) in [4.78, 5) is 0. The first-order chi connectivity index (χ1) is 9.02. The number of benzene rings is 2. The fraction of sp³-hybridized carbons (Fsp3) is 0.0769. The van der Waals surface area contributed by atoms with Crippen molar-refractivity contribution in [2.45, 2.75) is 6.04 Å². The second-order valence-electron chi connectivity index (χ2n) is 3.93. The molecular formula is C13H10Br2ClFN2. The van der Waals surface area contributed by atoms with Crippen molar-refractivity contribution in [3.63, 3.8) is 0 Å². The molecule has 2 aromatic carbocycles. The van der Waals surface area contributed by atoms with Gasteiger partial charge in [-0.25, -0.2) is 9.82 Å². The molecule has 0 aromatic heterocycles. The van der Waals surface area contributed by atoms with Crippen LogP contribution in [0.25, 0.3) is 0 Å². The number of rotatable bonds is 3. The smallest absolute Gasteiger partial charge is 0.129 e. The molecule has 0 fully saturated rings. The number of halogens is 4. The number of hydrogen-bond acceptors (Lipinski definition) is 2. The summed E-state index contributed by atoms with van der Waals surface area (Å²) in [5.41, 5.74) is 3.91. The van der Waals surface area contributed by atoms with Crippen molar-refractivity contribution in [3.05, 3.63) is 67.3 Å². The van der Waals surface area contributed by atoms with E-state index < -0.39 is 11.9 Å². The van der Waals surface area contributed by atoms with E-state index in [1.807, 2.05) is 18.2 Å². The van der Waals surface area contributed by atoms with E-state index in [0.717, 1.165) is 14.5 Å². The van der Waals surface area contributed by atoms with E-state index in [0.29, 0.717) is 10.6 Å². The van der Waals surface area contributed by atoms with Gasteiger partial charge >= 0.3 is 0 Å². The molecule has 0 heterocycles. The van der Waals surface area contributed by atoms with Crippen molar-refractivity contribution in [2.75, 3.05) is 0 Å². The Labute approximate surface area is 132 Å². The zero-order valence-electron chi connectivity index (χ0n) is 9.63. The summed E-state index contributed by atoms with van der Waals surface area (Å²) in [5.74, 6) is 5.17. The van der Waals surface area contributed by atoms with Crippen LogP contribution in [0.2, 0.25) is 5.02 Å². The van der Waals surface area contributed by atoms with Gasteiger partial charge in [-0.3, -0.25) is 5.84 Å². The van der Waals surface area contributed by atoms with Crippen LogP contribution in [0.1, 0.15) is 17.2 Å². The molecule has 6 heteroatoms. The maximum Gasteiger partial charge on any atom is 0.129 e. The van der Waals surface area contributed by atoms with Crippen molar-refractivity contribution in [1.82, 2.24) is 5.43 Å². The van der Waals surface area contributed by atoms with Crippen LogP contribution in [0.5, 0.6) is 0 Å². The Morgan fingerprint density at radius 1 is 1.11 bits per heavy atom. The molecule has 0 saturated heterocycles. The van der Waals surface area contributed by atoms with Crippen LogP contribution in [0, 0.1) is 5.82 Å². The Bertz CT molecular complexity index is 556. The van der Waals surface area contributed by atoms with E-state index in [9.17, 15) is 4.39 Å². The molecule has 0 saturated carbocycles. The predicted octanol–water partition coefficient (Wildman–Crippen LogP) is 4.56. The maximum absolute atomic E-state index is 14.0. The van der Waals surface area contributed by atoms with Crippen LogP contribution in [-0.2, 0) is 0 Å².